The molecule has 0 aliphatic heterocycles. The zero-order chi connectivity index (χ0) is 16.2. The first-order valence-electron chi connectivity index (χ1n) is 6.28. The van der Waals surface area contributed by atoms with E-state index in [2.05, 4.69) is 10.6 Å². The summed E-state index contributed by atoms with van der Waals surface area (Å²) >= 11 is 1.57. The largest absolute Gasteiger partial charge is 0.416 e. The van der Waals surface area contributed by atoms with Gasteiger partial charge in [-0.05, 0) is 48.7 Å². The van der Waals surface area contributed by atoms with Gasteiger partial charge >= 0.3 is 12.2 Å². The SMILES string of the molecule is CSc1ccc(NC(=O)Nc2cccc(C(F)(F)F)c2)cc1. The monoisotopic (exact) mass is 326 g/mol. The van der Waals surface area contributed by atoms with E-state index < -0.39 is 17.8 Å². The van der Waals surface area contributed by atoms with Gasteiger partial charge in [-0.2, -0.15) is 13.2 Å². The van der Waals surface area contributed by atoms with Gasteiger partial charge in [0.2, 0.25) is 0 Å². The minimum Gasteiger partial charge on any atom is -0.308 e. The van der Waals surface area contributed by atoms with E-state index in [9.17, 15) is 18.0 Å². The first-order valence-corrected chi connectivity index (χ1v) is 7.50. The number of carbonyl (C=O) groups is 1. The second-order valence-electron chi connectivity index (χ2n) is 4.39. The Bertz CT molecular complexity index is 657. The first-order chi connectivity index (χ1) is 10.4. The number of anilines is 2. The Kier molecular flexibility index (Phi) is 4.97. The fourth-order valence-electron chi connectivity index (χ4n) is 1.74. The Labute approximate surface area is 129 Å². The van der Waals surface area contributed by atoms with Gasteiger partial charge in [-0.25, -0.2) is 4.79 Å². The second kappa shape index (κ2) is 6.74. The van der Waals surface area contributed by atoms with Crippen LogP contribution < -0.4 is 10.6 Å². The van der Waals surface area contributed by atoms with Gasteiger partial charge < -0.3 is 10.6 Å². The molecular formula is C15H13F3N2OS. The molecule has 0 aliphatic rings. The molecule has 0 unspecified atom stereocenters. The highest BCUT2D eigenvalue weighted by Crippen LogP contribution is 2.30. The highest BCUT2D eigenvalue weighted by atomic mass is 32.2. The van der Waals surface area contributed by atoms with Gasteiger partial charge in [0.1, 0.15) is 0 Å². The molecule has 2 N–H and O–H groups in total. The molecule has 7 heteroatoms. The van der Waals surface area contributed by atoms with Crippen LogP contribution in [0, 0.1) is 0 Å². The van der Waals surface area contributed by atoms with Crippen molar-refractivity contribution in [2.45, 2.75) is 11.1 Å². The average Bonchev–Trinajstić information content (AvgIpc) is 2.47. The molecule has 0 spiro atoms. The number of carbonyl (C=O) groups excluding carboxylic acids is 1. The van der Waals surface area contributed by atoms with Gasteiger partial charge in [0.25, 0.3) is 0 Å². The Morgan fingerprint density at radius 1 is 1.00 bits per heavy atom. The van der Waals surface area contributed by atoms with E-state index in [1.54, 1.807) is 23.9 Å². The molecule has 0 heterocycles. The predicted octanol–water partition coefficient (Wildman–Crippen LogP) is 5.07. The van der Waals surface area contributed by atoms with Gasteiger partial charge in [0.05, 0.1) is 5.56 Å². The zero-order valence-corrected chi connectivity index (χ0v) is 12.4. The van der Waals surface area contributed by atoms with Crippen LogP contribution in [0.1, 0.15) is 5.56 Å². The van der Waals surface area contributed by atoms with Crippen LogP contribution in [-0.2, 0) is 6.18 Å². The van der Waals surface area contributed by atoms with Crippen molar-refractivity contribution in [2.24, 2.45) is 0 Å². The Balaban J connectivity index is 2.02. The topological polar surface area (TPSA) is 41.1 Å². The number of amides is 2. The molecule has 2 amide bonds. The minimum atomic E-state index is -4.44. The molecule has 22 heavy (non-hydrogen) atoms. The average molecular weight is 326 g/mol. The predicted molar refractivity (Wildman–Crippen MR) is 82.3 cm³/mol. The van der Waals surface area contributed by atoms with E-state index in [1.807, 2.05) is 18.4 Å². The third kappa shape index (κ3) is 4.42. The molecule has 0 bridgehead atoms. The van der Waals surface area contributed by atoms with Crippen LogP contribution in [-0.4, -0.2) is 12.3 Å². The van der Waals surface area contributed by atoms with E-state index >= 15 is 0 Å². The molecule has 0 atom stereocenters. The third-order valence-electron chi connectivity index (χ3n) is 2.80. The first kappa shape index (κ1) is 16.2. The standard InChI is InChI=1S/C15H13F3N2OS/c1-22-13-7-5-11(6-8-13)19-14(21)20-12-4-2-3-10(9-12)15(16,17)18/h2-9H,1H3,(H2,19,20,21). The van der Waals surface area contributed by atoms with Gasteiger partial charge in [-0.3, -0.25) is 0 Å². The lowest BCUT2D eigenvalue weighted by molar-refractivity contribution is -0.137. The number of alkyl halides is 3. The summed E-state index contributed by atoms with van der Waals surface area (Å²) in [5, 5.41) is 4.94. The quantitative estimate of drug-likeness (QED) is 0.773. The highest BCUT2D eigenvalue weighted by molar-refractivity contribution is 7.98. The van der Waals surface area contributed by atoms with E-state index in [0.717, 1.165) is 17.0 Å². The number of hydrogen-bond acceptors (Lipinski definition) is 2. The van der Waals surface area contributed by atoms with E-state index in [1.165, 1.54) is 12.1 Å². The number of rotatable bonds is 3. The van der Waals surface area contributed by atoms with Crippen LogP contribution in [0.2, 0.25) is 0 Å². The number of thioether (sulfide) groups is 1. The molecule has 2 rings (SSSR count). The lowest BCUT2D eigenvalue weighted by atomic mass is 10.2. The maximum Gasteiger partial charge on any atom is 0.416 e. The maximum absolute atomic E-state index is 12.6. The smallest absolute Gasteiger partial charge is 0.308 e. The molecule has 2 aromatic carbocycles. The van der Waals surface area contributed by atoms with Crippen LogP contribution in [0.15, 0.2) is 53.4 Å². The summed E-state index contributed by atoms with van der Waals surface area (Å²) < 4.78 is 37.8. The number of hydrogen-bond donors (Lipinski definition) is 2. The highest BCUT2D eigenvalue weighted by Gasteiger charge is 2.30. The van der Waals surface area contributed by atoms with Crippen LogP contribution >= 0.6 is 11.8 Å². The van der Waals surface area contributed by atoms with Gasteiger partial charge in [0.15, 0.2) is 0 Å². The van der Waals surface area contributed by atoms with E-state index in [4.69, 9.17) is 0 Å². The van der Waals surface area contributed by atoms with E-state index in [0.29, 0.717) is 5.69 Å². The summed E-state index contributed by atoms with van der Waals surface area (Å²) in [5.41, 5.74) is -0.176. The number of urea groups is 1. The Hall–Kier alpha value is -2.15. The molecule has 0 saturated heterocycles. The molecule has 0 aliphatic carbocycles. The fourth-order valence-corrected chi connectivity index (χ4v) is 2.15. The lowest BCUT2D eigenvalue weighted by Gasteiger charge is -2.11. The second-order valence-corrected chi connectivity index (χ2v) is 5.27. The van der Waals surface area contributed by atoms with Crippen molar-refractivity contribution in [3.63, 3.8) is 0 Å². The Morgan fingerprint density at radius 3 is 2.23 bits per heavy atom. The molecule has 0 radical (unpaired) electrons. The minimum absolute atomic E-state index is 0.0769. The van der Waals surface area contributed by atoms with Crippen molar-refractivity contribution in [2.75, 3.05) is 16.9 Å². The normalized spacial score (nSPS) is 11.1. The zero-order valence-electron chi connectivity index (χ0n) is 11.6. The van der Waals surface area contributed by atoms with Crippen molar-refractivity contribution in [3.8, 4) is 0 Å². The molecule has 0 fully saturated rings. The lowest BCUT2D eigenvalue weighted by Crippen LogP contribution is -2.19. The summed E-state index contributed by atoms with van der Waals surface area (Å²) in [6.45, 7) is 0. The number of halogens is 3. The summed E-state index contributed by atoms with van der Waals surface area (Å²) in [6, 6.07) is 11.0. The molecular weight excluding hydrogens is 313 g/mol. The summed E-state index contributed by atoms with van der Waals surface area (Å²) in [6.07, 6.45) is -2.51. The molecule has 2 aromatic rings. The van der Waals surface area contributed by atoms with Crippen molar-refractivity contribution >= 4 is 29.2 Å². The van der Waals surface area contributed by atoms with Crippen molar-refractivity contribution in [3.05, 3.63) is 54.1 Å². The maximum atomic E-state index is 12.6. The summed E-state index contributed by atoms with van der Waals surface area (Å²) in [5.74, 6) is 0. The van der Waals surface area contributed by atoms with Crippen LogP contribution in [0.25, 0.3) is 0 Å². The molecule has 3 nitrogen and oxygen atoms in total. The molecule has 0 aromatic heterocycles. The summed E-state index contributed by atoms with van der Waals surface area (Å²) in [7, 11) is 0. The third-order valence-corrected chi connectivity index (χ3v) is 3.54. The molecule has 116 valence electrons. The van der Waals surface area contributed by atoms with Gasteiger partial charge in [-0.15, -0.1) is 11.8 Å². The Morgan fingerprint density at radius 2 is 1.64 bits per heavy atom. The van der Waals surface area contributed by atoms with E-state index in [-0.39, 0.29) is 5.69 Å². The van der Waals surface area contributed by atoms with Crippen molar-refractivity contribution < 1.29 is 18.0 Å². The van der Waals surface area contributed by atoms with Crippen LogP contribution in [0.4, 0.5) is 29.3 Å². The number of benzene rings is 2. The van der Waals surface area contributed by atoms with Crippen LogP contribution in [0.5, 0.6) is 0 Å². The van der Waals surface area contributed by atoms with Crippen molar-refractivity contribution in [1.82, 2.24) is 0 Å². The molecule has 0 saturated carbocycles. The summed E-state index contributed by atoms with van der Waals surface area (Å²) in [4.78, 5) is 12.8. The van der Waals surface area contributed by atoms with Crippen LogP contribution in [0.3, 0.4) is 0 Å². The van der Waals surface area contributed by atoms with Gasteiger partial charge in [-0.1, -0.05) is 6.07 Å². The van der Waals surface area contributed by atoms with Gasteiger partial charge in [0, 0.05) is 16.3 Å². The fraction of sp³-hybridized carbons (Fsp3) is 0.133. The number of nitrogens with one attached hydrogen (secondary N) is 2. The van der Waals surface area contributed by atoms with Crippen molar-refractivity contribution in [1.29, 1.82) is 0 Å².